The summed E-state index contributed by atoms with van der Waals surface area (Å²) >= 11 is 0. The van der Waals surface area contributed by atoms with Crippen LogP contribution in [0, 0.1) is 11.6 Å². The van der Waals surface area contributed by atoms with Gasteiger partial charge in [0.05, 0.1) is 12.7 Å². The van der Waals surface area contributed by atoms with Gasteiger partial charge in [-0.15, -0.1) is 0 Å². The maximum atomic E-state index is 14.8. The van der Waals surface area contributed by atoms with Crippen molar-refractivity contribution < 1.29 is 27.9 Å². The summed E-state index contributed by atoms with van der Waals surface area (Å²) in [5, 5.41) is 8.72. The van der Waals surface area contributed by atoms with E-state index in [0.29, 0.717) is 11.3 Å². The number of halogens is 2. The molecule has 0 spiro atoms. The minimum atomic E-state index is -1.12. The number of nitrogens with one attached hydrogen (secondary N) is 1. The van der Waals surface area contributed by atoms with Gasteiger partial charge in [-0.1, -0.05) is 24.3 Å². The second-order valence-electron chi connectivity index (χ2n) is 6.13. The van der Waals surface area contributed by atoms with Crippen molar-refractivity contribution in [2.75, 3.05) is 7.11 Å². The first-order valence-electron chi connectivity index (χ1n) is 8.50. The highest BCUT2D eigenvalue weighted by atomic mass is 19.2. The zero-order valence-electron chi connectivity index (χ0n) is 15.1. The van der Waals surface area contributed by atoms with Crippen LogP contribution in [0.3, 0.4) is 0 Å². The molecule has 0 bridgehead atoms. The number of hydrogen-bond acceptors (Lipinski definition) is 5. The molecule has 1 amide bonds. The number of carbonyl (C=O) groups excluding carboxylic acids is 1. The molecule has 0 aliphatic rings. The maximum absolute atomic E-state index is 14.8. The normalized spacial score (nSPS) is 10.9. The Labute approximate surface area is 163 Å². The van der Waals surface area contributed by atoms with Crippen LogP contribution in [0.2, 0.25) is 0 Å². The Balaban J connectivity index is 1.80. The molecule has 0 saturated heterocycles. The number of carbonyl (C=O) groups is 1. The third kappa shape index (κ3) is 3.19. The van der Waals surface area contributed by atoms with E-state index in [2.05, 4.69) is 4.98 Å². The Morgan fingerprint density at radius 3 is 2.52 bits per heavy atom. The van der Waals surface area contributed by atoms with Gasteiger partial charge in [-0.2, -0.15) is 0 Å². The first-order chi connectivity index (χ1) is 14.0. The van der Waals surface area contributed by atoms with Gasteiger partial charge >= 0.3 is 0 Å². The van der Waals surface area contributed by atoms with E-state index >= 15 is 0 Å². The number of aromatic nitrogens is 1. The molecule has 0 radical (unpaired) electrons. The third-order valence-corrected chi connectivity index (χ3v) is 4.46. The number of fused-ring (bicyclic) bond motifs is 1. The number of rotatable bonds is 4. The fourth-order valence-corrected chi connectivity index (χ4v) is 3.04. The van der Waals surface area contributed by atoms with Crippen LogP contribution in [-0.4, -0.2) is 23.2 Å². The molecule has 8 heteroatoms. The highest BCUT2D eigenvalue weighted by molar-refractivity contribution is 5.96. The molecule has 146 valence electrons. The van der Waals surface area contributed by atoms with Crippen LogP contribution in [-0.2, 0) is 0 Å². The number of benzene rings is 3. The molecule has 0 unspecified atom stereocenters. The van der Waals surface area contributed by atoms with Crippen molar-refractivity contribution in [2.45, 2.75) is 0 Å². The van der Waals surface area contributed by atoms with E-state index in [1.165, 1.54) is 42.9 Å². The standard InChI is InChI=1S/C21H14F2N2O4/c1-28-16-5-3-2-4-12(16)13-7-8-14(19(23)18(13)22)21-24-15-10-11(20(26)25-27)6-9-17(15)29-21/h2-10,27H,1H3,(H,25,26). The van der Waals surface area contributed by atoms with Gasteiger partial charge in [-0.05, 0) is 30.3 Å². The van der Waals surface area contributed by atoms with E-state index in [9.17, 15) is 13.6 Å². The van der Waals surface area contributed by atoms with Crippen molar-refractivity contribution in [1.82, 2.24) is 10.5 Å². The fourth-order valence-electron chi connectivity index (χ4n) is 3.04. The lowest BCUT2D eigenvalue weighted by Gasteiger charge is -2.10. The zero-order chi connectivity index (χ0) is 20.5. The van der Waals surface area contributed by atoms with Gasteiger partial charge in [0.1, 0.15) is 11.3 Å². The Bertz CT molecular complexity index is 1240. The van der Waals surface area contributed by atoms with Gasteiger partial charge in [-0.25, -0.2) is 19.2 Å². The molecule has 0 saturated carbocycles. The topological polar surface area (TPSA) is 84.6 Å². The summed E-state index contributed by atoms with van der Waals surface area (Å²) in [5.74, 6) is -2.63. The number of amides is 1. The van der Waals surface area contributed by atoms with Crippen LogP contribution in [0.1, 0.15) is 10.4 Å². The van der Waals surface area contributed by atoms with E-state index in [4.69, 9.17) is 14.4 Å². The van der Waals surface area contributed by atoms with Gasteiger partial charge in [0.2, 0.25) is 5.89 Å². The van der Waals surface area contributed by atoms with Crippen LogP contribution in [0.5, 0.6) is 5.75 Å². The summed E-state index contributed by atoms with van der Waals surface area (Å²) in [6, 6.07) is 13.7. The fraction of sp³-hybridized carbons (Fsp3) is 0.0476. The smallest absolute Gasteiger partial charge is 0.274 e. The highest BCUT2D eigenvalue weighted by Crippen LogP contribution is 2.36. The van der Waals surface area contributed by atoms with E-state index in [1.54, 1.807) is 24.3 Å². The monoisotopic (exact) mass is 396 g/mol. The molecule has 0 fully saturated rings. The lowest BCUT2D eigenvalue weighted by Crippen LogP contribution is -2.18. The van der Waals surface area contributed by atoms with E-state index in [-0.39, 0.29) is 33.7 Å². The maximum Gasteiger partial charge on any atom is 0.274 e. The number of hydroxylamine groups is 1. The molecular formula is C21H14F2N2O4. The predicted molar refractivity (Wildman–Crippen MR) is 101 cm³/mol. The van der Waals surface area contributed by atoms with Crippen molar-refractivity contribution in [3.05, 3.63) is 71.8 Å². The zero-order valence-corrected chi connectivity index (χ0v) is 15.1. The summed E-state index contributed by atoms with van der Waals surface area (Å²) < 4.78 is 40.4. The molecule has 6 nitrogen and oxygen atoms in total. The average Bonchev–Trinajstić information content (AvgIpc) is 3.18. The average molecular weight is 396 g/mol. The van der Waals surface area contributed by atoms with Crippen LogP contribution >= 0.6 is 0 Å². The molecule has 1 heterocycles. The molecule has 4 aromatic rings. The van der Waals surface area contributed by atoms with E-state index in [0.717, 1.165) is 0 Å². The highest BCUT2D eigenvalue weighted by Gasteiger charge is 2.21. The predicted octanol–water partition coefficient (Wildman–Crippen LogP) is 4.57. The van der Waals surface area contributed by atoms with E-state index < -0.39 is 17.5 Å². The Kier molecular flexibility index (Phi) is 4.69. The number of para-hydroxylation sites is 1. The minimum absolute atomic E-state index is 0.0433. The first-order valence-corrected chi connectivity index (χ1v) is 8.50. The van der Waals surface area contributed by atoms with Crippen LogP contribution in [0.25, 0.3) is 33.7 Å². The Morgan fingerprint density at radius 2 is 1.76 bits per heavy atom. The molecule has 4 rings (SSSR count). The van der Waals surface area contributed by atoms with Crippen molar-refractivity contribution in [3.8, 4) is 28.3 Å². The summed E-state index contributed by atoms with van der Waals surface area (Å²) in [7, 11) is 1.45. The number of ether oxygens (including phenoxy) is 1. The van der Waals surface area contributed by atoms with Crippen LogP contribution < -0.4 is 10.2 Å². The molecule has 1 aromatic heterocycles. The van der Waals surface area contributed by atoms with Gasteiger partial charge in [-0.3, -0.25) is 10.0 Å². The first kappa shape index (κ1) is 18.6. The van der Waals surface area contributed by atoms with Gasteiger partial charge in [0.15, 0.2) is 17.2 Å². The number of hydrogen-bond donors (Lipinski definition) is 2. The van der Waals surface area contributed by atoms with Crippen molar-refractivity contribution in [2.24, 2.45) is 0 Å². The molecule has 0 atom stereocenters. The van der Waals surface area contributed by atoms with Crippen LogP contribution in [0.15, 0.2) is 59.0 Å². The quantitative estimate of drug-likeness (QED) is 0.390. The Morgan fingerprint density at radius 1 is 1.03 bits per heavy atom. The lowest BCUT2D eigenvalue weighted by atomic mass is 10.0. The number of nitrogens with zero attached hydrogens (tertiary/aromatic N) is 1. The largest absolute Gasteiger partial charge is 0.496 e. The summed E-state index contributed by atoms with van der Waals surface area (Å²) in [4.78, 5) is 15.7. The lowest BCUT2D eigenvalue weighted by molar-refractivity contribution is 0.0706. The van der Waals surface area contributed by atoms with Crippen molar-refractivity contribution >= 4 is 17.0 Å². The van der Waals surface area contributed by atoms with Crippen molar-refractivity contribution in [3.63, 3.8) is 0 Å². The summed E-state index contributed by atoms with van der Waals surface area (Å²) in [6.45, 7) is 0. The second kappa shape index (κ2) is 7.33. The second-order valence-corrected chi connectivity index (χ2v) is 6.13. The Hall–Kier alpha value is -3.78. The SMILES string of the molecule is COc1ccccc1-c1ccc(-c2nc3cc(C(=O)NO)ccc3o2)c(F)c1F. The van der Waals surface area contributed by atoms with Gasteiger partial charge in [0, 0.05) is 16.7 Å². The molecule has 0 aliphatic heterocycles. The molecular weight excluding hydrogens is 382 g/mol. The summed E-state index contributed by atoms with van der Waals surface area (Å²) in [5.41, 5.74) is 2.49. The molecule has 0 aliphatic carbocycles. The van der Waals surface area contributed by atoms with Crippen molar-refractivity contribution in [1.29, 1.82) is 0 Å². The van der Waals surface area contributed by atoms with Crippen LogP contribution in [0.4, 0.5) is 8.78 Å². The number of oxazole rings is 1. The van der Waals surface area contributed by atoms with Gasteiger partial charge < -0.3 is 9.15 Å². The molecule has 29 heavy (non-hydrogen) atoms. The molecule has 3 aromatic carbocycles. The summed E-state index contributed by atoms with van der Waals surface area (Å²) in [6.07, 6.45) is 0. The van der Waals surface area contributed by atoms with Gasteiger partial charge in [0.25, 0.3) is 5.91 Å². The molecule has 2 N–H and O–H groups in total. The number of methoxy groups -OCH3 is 1. The third-order valence-electron chi connectivity index (χ3n) is 4.46. The minimum Gasteiger partial charge on any atom is -0.496 e. The van der Waals surface area contributed by atoms with E-state index in [1.807, 2.05) is 0 Å².